The third-order valence-electron chi connectivity index (χ3n) is 7.16. The van der Waals surface area contributed by atoms with Gasteiger partial charge in [-0.1, -0.05) is 93.9 Å². The third kappa shape index (κ3) is 10.9. The first kappa shape index (κ1) is 34.4. The lowest BCUT2D eigenvalue weighted by Crippen LogP contribution is -2.49. The molecule has 0 spiro atoms. The van der Waals surface area contributed by atoms with Crippen molar-refractivity contribution in [2.75, 3.05) is 6.54 Å². The molecule has 10 heteroatoms. The zero-order valence-corrected chi connectivity index (χ0v) is 26.3. The minimum Gasteiger partial charge on any atom is -0.506 e. The van der Waals surface area contributed by atoms with E-state index in [0.29, 0.717) is 5.56 Å². The second-order valence-electron chi connectivity index (χ2n) is 11.5. The van der Waals surface area contributed by atoms with E-state index >= 15 is 0 Å². The first-order valence-electron chi connectivity index (χ1n) is 14.8. The molecule has 0 aromatic heterocycles. The summed E-state index contributed by atoms with van der Waals surface area (Å²) in [7, 11) is 0. The number of benzene rings is 2. The molecule has 0 bridgehead atoms. The fourth-order valence-corrected chi connectivity index (χ4v) is 4.74. The Morgan fingerprint density at radius 2 is 1.75 bits per heavy atom. The first-order valence-corrected chi connectivity index (χ1v) is 15.2. The number of carbonyl (C=O) groups is 4. The van der Waals surface area contributed by atoms with Crippen LogP contribution in [0.15, 0.2) is 66.8 Å². The van der Waals surface area contributed by atoms with E-state index < -0.39 is 47.9 Å². The van der Waals surface area contributed by atoms with Crippen LogP contribution < -0.4 is 10.6 Å². The van der Waals surface area contributed by atoms with Gasteiger partial charge in [0.1, 0.15) is 17.9 Å². The summed E-state index contributed by atoms with van der Waals surface area (Å²) in [6.45, 7) is 7.23. The Morgan fingerprint density at radius 1 is 1.02 bits per heavy atom. The Bertz CT molecular complexity index is 1360. The van der Waals surface area contributed by atoms with Crippen LogP contribution in [0.1, 0.15) is 51.7 Å². The summed E-state index contributed by atoms with van der Waals surface area (Å²) in [4.78, 5) is 52.5. The monoisotopic (exact) mass is 624 g/mol. The fourth-order valence-electron chi connectivity index (χ4n) is 4.53. The highest BCUT2D eigenvalue weighted by Crippen LogP contribution is 2.24. The Hall–Kier alpha value is -4.11. The molecule has 0 radical (unpaired) electrons. The number of amides is 2. The molecule has 1 aliphatic rings. The van der Waals surface area contributed by atoms with Crippen LogP contribution in [0, 0.1) is 17.8 Å². The molecule has 0 saturated heterocycles. The van der Waals surface area contributed by atoms with Crippen molar-refractivity contribution in [3.05, 3.63) is 82.9 Å². The number of ether oxygens (including phenoxy) is 2. The van der Waals surface area contributed by atoms with Crippen molar-refractivity contribution in [3.63, 3.8) is 0 Å². The second-order valence-corrected chi connectivity index (χ2v) is 11.9. The van der Waals surface area contributed by atoms with Gasteiger partial charge in [-0.25, -0.2) is 4.79 Å². The number of aromatic hydroxyl groups is 1. The van der Waals surface area contributed by atoms with Crippen LogP contribution in [-0.4, -0.2) is 53.7 Å². The van der Waals surface area contributed by atoms with Crippen molar-refractivity contribution in [1.29, 1.82) is 0 Å². The van der Waals surface area contributed by atoms with Crippen molar-refractivity contribution in [2.45, 2.75) is 65.2 Å². The van der Waals surface area contributed by atoms with E-state index in [0.717, 1.165) is 5.56 Å². The highest BCUT2D eigenvalue weighted by Gasteiger charge is 2.31. The largest absolute Gasteiger partial charge is 0.506 e. The lowest BCUT2D eigenvalue weighted by Gasteiger charge is -2.26. The predicted molar refractivity (Wildman–Crippen MR) is 169 cm³/mol. The SMILES string of the molecule is CC(C)C[C@@H]1OC(=O)[C@H](C)CNC(=O)C(Cc2ccc(O)c(Cl)c2)NC(=O)/C=C/CC([C@H](C)/C=C/c2ccccc2)OC1=O. The Balaban J connectivity index is 1.89. The zero-order chi connectivity index (χ0) is 32.2. The molecule has 5 atom stereocenters. The van der Waals surface area contributed by atoms with Crippen LogP contribution in [0.2, 0.25) is 5.02 Å². The number of esters is 2. The van der Waals surface area contributed by atoms with Gasteiger partial charge in [-0.05, 0) is 41.7 Å². The molecule has 0 aliphatic carbocycles. The van der Waals surface area contributed by atoms with Gasteiger partial charge in [0.2, 0.25) is 11.8 Å². The minimum atomic E-state index is -1.12. The number of halogens is 1. The topological polar surface area (TPSA) is 131 Å². The number of hydrogen-bond acceptors (Lipinski definition) is 7. The molecule has 3 N–H and O–H groups in total. The van der Waals surface area contributed by atoms with Gasteiger partial charge >= 0.3 is 11.9 Å². The van der Waals surface area contributed by atoms with Crippen molar-refractivity contribution in [2.24, 2.45) is 17.8 Å². The molecule has 2 aromatic rings. The molecule has 2 unspecified atom stereocenters. The van der Waals surface area contributed by atoms with Crippen molar-refractivity contribution >= 4 is 41.4 Å². The summed E-state index contributed by atoms with van der Waals surface area (Å²) in [6, 6.07) is 13.2. The van der Waals surface area contributed by atoms with Crippen LogP contribution in [0.25, 0.3) is 6.08 Å². The number of hydrogen-bond donors (Lipinski definition) is 3. The number of rotatable bonds is 7. The first-order chi connectivity index (χ1) is 20.9. The lowest BCUT2D eigenvalue weighted by molar-refractivity contribution is -0.175. The van der Waals surface area contributed by atoms with E-state index in [9.17, 15) is 24.3 Å². The Labute approximate surface area is 263 Å². The van der Waals surface area contributed by atoms with Gasteiger partial charge in [0.25, 0.3) is 0 Å². The number of carbonyl (C=O) groups excluding carboxylic acids is 4. The standard InChI is InChI=1S/C34H41ClN2O7/c1-21(2)17-30-34(42)43-29(22(3)13-14-24-9-6-5-7-10-24)11-8-12-31(39)37-27(19-25-15-16-28(38)26(35)18-25)32(40)36-20-23(4)33(41)44-30/h5-10,12-16,18,21-23,27,29-30,38H,11,17,19-20H2,1-4H3,(H,36,40)(H,37,39)/b12-8+,14-13+/t22-,23-,27?,29?,30+/m1/s1. The van der Waals surface area contributed by atoms with Gasteiger partial charge in [0.15, 0.2) is 6.10 Å². The highest BCUT2D eigenvalue weighted by atomic mass is 35.5. The number of phenolic OH excluding ortho intramolecular Hbond substituents is 1. The Kier molecular flexibility index (Phi) is 13.0. The van der Waals surface area contributed by atoms with Gasteiger partial charge in [-0.3, -0.25) is 14.4 Å². The van der Waals surface area contributed by atoms with Crippen molar-refractivity contribution < 1.29 is 33.8 Å². The maximum absolute atomic E-state index is 13.3. The average Bonchev–Trinajstić information content (AvgIpc) is 2.98. The smallest absolute Gasteiger partial charge is 0.347 e. The van der Waals surface area contributed by atoms with E-state index in [1.165, 1.54) is 18.2 Å². The lowest BCUT2D eigenvalue weighted by atomic mass is 9.99. The quantitative estimate of drug-likeness (QED) is 0.369. The number of phenols is 1. The summed E-state index contributed by atoms with van der Waals surface area (Å²) in [6.07, 6.45) is 5.51. The van der Waals surface area contributed by atoms with E-state index in [1.807, 2.05) is 63.3 Å². The van der Waals surface area contributed by atoms with Crippen LogP contribution in [-0.2, 0) is 35.1 Å². The zero-order valence-electron chi connectivity index (χ0n) is 25.5. The van der Waals surface area contributed by atoms with Crippen LogP contribution in [0.4, 0.5) is 0 Å². The molecular weight excluding hydrogens is 584 g/mol. The van der Waals surface area contributed by atoms with Gasteiger partial charge in [0.05, 0.1) is 10.9 Å². The molecule has 1 heterocycles. The summed E-state index contributed by atoms with van der Waals surface area (Å²) in [5.74, 6) is -3.45. The molecule has 0 fully saturated rings. The summed E-state index contributed by atoms with van der Waals surface area (Å²) >= 11 is 6.05. The third-order valence-corrected chi connectivity index (χ3v) is 7.46. The average molecular weight is 625 g/mol. The van der Waals surface area contributed by atoms with Gasteiger partial charge in [-0.2, -0.15) is 0 Å². The maximum Gasteiger partial charge on any atom is 0.347 e. The number of nitrogens with one attached hydrogen (secondary N) is 2. The van der Waals surface area contributed by atoms with Gasteiger partial charge in [0, 0.05) is 25.3 Å². The normalized spacial score (nSPS) is 23.9. The van der Waals surface area contributed by atoms with E-state index in [1.54, 1.807) is 19.1 Å². The summed E-state index contributed by atoms with van der Waals surface area (Å²) in [5, 5.41) is 15.3. The Morgan fingerprint density at radius 3 is 2.43 bits per heavy atom. The molecule has 1 aliphatic heterocycles. The fraction of sp³-hybridized carbons (Fsp3) is 0.412. The molecule has 44 heavy (non-hydrogen) atoms. The highest BCUT2D eigenvalue weighted by molar-refractivity contribution is 6.32. The van der Waals surface area contributed by atoms with Crippen LogP contribution >= 0.6 is 11.6 Å². The molecule has 3 rings (SSSR count). The van der Waals surface area contributed by atoms with E-state index in [2.05, 4.69) is 10.6 Å². The molecule has 0 saturated carbocycles. The molecule has 236 valence electrons. The molecule has 2 aromatic carbocycles. The van der Waals surface area contributed by atoms with Gasteiger partial charge in [-0.15, -0.1) is 0 Å². The number of cyclic esters (lactones) is 2. The molecular formula is C34H41ClN2O7. The van der Waals surface area contributed by atoms with Crippen molar-refractivity contribution in [1.82, 2.24) is 10.6 Å². The second kappa shape index (κ2) is 16.7. The van der Waals surface area contributed by atoms with E-state index in [4.69, 9.17) is 21.1 Å². The van der Waals surface area contributed by atoms with Crippen molar-refractivity contribution in [3.8, 4) is 5.75 Å². The minimum absolute atomic E-state index is 0.0348. The van der Waals surface area contributed by atoms with Crippen LogP contribution in [0.5, 0.6) is 5.75 Å². The van der Waals surface area contributed by atoms with E-state index in [-0.39, 0.29) is 48.4 Å². The molecule has 2 amide bonds. The van der Waals surface area contributed by atoms with Gasteiger partial charge < -0.3 is 25.2 Å². The van der Waals surface area contributed by atoms with Crippen LogP contribution in [0.3, 0.4) is 0 Å². The summed E-state index contributed by atoms with van der Waals surface area (Å²) < 4.78 is 11.6. The predicted octanol–water partition coefficient (Wildman–Crippen LogP) is 5.00. The maximum atomic E-state index is 13.3. The summed E-state index contributed by atoms with van der Waals surface area (Å²) in [5.41, 5.74) is 1.59. The molecule has 9 nitrogen and oxygen atoms in total.